The van der Waals surface area contributed by atoms with E-state index >= 15 is 0 Å². The minimum absolute atomic E-state index is 0.0113. The molecule has 0 saturated carbocycles. The maximum Gasteiger partial charge on any atom is 0.256 e. The summed E-state index contributed by atoms with van der Waals surface area (Å²) in [6.07, 6.45) is 0. The van der Waals surface area contributed by atoms with Gasteiger partial charge in [-0.2, -0.15) is 5.26 Å². The van der Waals surface area contributed by atoms with Crippen LogP contribution in [-0.2, 0) is 0 Å². The first-order valence-corrected chi connectivity index (χ1v) is 8.18. The molecule has 1 N–H and O–H groups in total. The average Bonchev–Trinajstić information content (AvgIpc) is 2.55. The van der Waals surface area contributed by atoms with Gasteiger partial charge in [0.25, 0.3) is 5.91 Å². The lowest BCUT2D eigenvalue weighted by atomic mass is 10.2. The molecule has 1 amide bonds. The fraction of sp³-hybridized carbons (Fsp3) is 0.0588. The van der Waals surface area contributed by atoms with E-state index in [0.29, 0.717) is 10.6 Å². The zero-order chi connectivity index (χ0) is 16.8. The number of amides is 1. The number of rotatable bonds is 4. The minimum Gasteiger partial charge on any atom is -0.311 e. The normalized spacial score (nSPS) is 11.4. The van der Waals surface area contributed by atoms with Crippen LogP contribution in [0.2, 0.25) is 5.02 Å². The molecule has 0 aliphatic carbocycles. The number of nitriles is 1. The molecule has 0 aromatic heterocycles. The maximum atomic E-state index is 12.1. The van der Waals surface area contributed by atoms with E-state index in [1.54, 1.807) is 24.3 Å². The Morgan fingerprint density at radius 2 is 1.74 bits per heavy atom. The summed E-state index contributed by atoms with van der Waals surface area (Å²) in [5.41, 5.74) is 1.54. The van der Waals surface area contributed by atoms with Gasteiger partial charge in [0.05, 0.1) is 0 Å². The fourth-order valence-electron chi connectivity index (χ4n) is 1.67. The van der Waals surface area contributed by atoms with E-state index in [-0.39, 0.29) is 10.1 Å². The number of hydrogen-bond donors (Lipinski definition) is 1. The summed E-state index contributed by atoms with van der Waals surface area (Å²) in [4.78, 5) is 13.0. The van der Waals surface area contributed by atoms with Gasteiger partial charge in [0.15, 0.2) is 0 Å². The van der Waals surface area contributed by atoms with E-state index in [9.17, 15) is 10.1 Å². The van der Waals surface area contributed by atoms with Crippen LogP contribution < -0.4 is 5.32 Å². The van der Waals surface area contributed by atoms with E-state index in [1.807, 2.05) is 37.3 Å². The van der Waals surface area contributed by atoms with Gasteiger partial charge >= 0.3 is 0 Å². The van der Waals surface area contributed by atoms with Crippen LogP contribution in [0.1, 0.15) is 15.9 Å². The summed E-state index contributed by atoms with van der Waals surface area (Å²) in [6, 6.07) is 16.0. The number of aryl methyl sites for hydroxylation is 1. The molecular weight excluding hydrogens is 351 g/mol. The van der Waals surface area contributed by atoms with Gasteiger partial charge in [0.1, 0.15) is 16.1 Å². The SMILES string of the molecule is Cc1ccc(S/C(Cl)=C(/C#N)NC(=O)c2ccc(Cl)cc2)cc1. The predicted molar refractivity (Wildman–Crippen MR) is 94.4 cm³/mol. The van der Waals surface area contributed by atoms with Crippen LogP contribution in [0.5, 0.6) is 0 Å². The van der Waals surface area contributed by atoms with Gasteiger partial charge in [-0.05, 0) is 43.3 Å². The Morgan fingerprint density at radius 1 is 1.13 bits per heavy atom. The van der Waals surface area contributed by atoms with Crippen LogP contribution in [0.25, 0.3) is 0 Å². The molecule has 2 aromatic carbocycles. The third-order valence-electron chi connectivity index (χ3n) is 2.88. The first-order chi connectivity index (χ1) is 11.0. The molecule has 6 heteroatoms. The number of carbonyl (C=O) groups excluding carboxylic acids is 1. The quantitative estimate of drug-likeness (QED) is 0.607. The summed E-state index contributed by atoms with van der Waals surface area (Å²) >= 11 is 13.2. The fourth-order valence-corrected chi connectivity index (χ4v) is 2.83. The Kier molecular flexibility index (Phi) is 6.12. The van der Waals surface area contributed by atoms with Crippen molar-refractivity contribution in [2.45, 2.75) is 11.8 Å². The number of allylic oxidation sites excluding steroid dienone is 1. The standard InChI is InChI=1S/C17H12Cl2N2OS/c1-11-2-8-14(9-3-11)23-16(19)15(10-20)21-17(22)12-4-6-13(18)7-5-12/h2-9H,1H3,(H,21,22)/b16-15-. The van der Waals surface area contributed by atoms with Crippen molar-refractivity contribution in [3.8, 4) is 6.07 Å². The number of nitrogens with zero attached hydrogens (tertiary/aromatic N) is 1. The highest BCUT2D eigenvalue weighted by molar-refractivity contribution is 8.04. The van der Waals surface area contributed by atoms with Crippen molar-refractivity contribution in [1.29, 1.82) is 5.26 Å². The lowest BCUT2D eigenvalue weighted by molar-refractivity contribution is 0.0967. The molecule has 0 bridgehead atoms. The van der Waals surface area contributed by atoms with E-state index in [0.717, 1.165) is 10.5 Å². The smallest absolute Gasteiger partial charge is 0.256 e. The lowest BCUT2D eigenvalue weighted by Gasteiger charge is -2.07. The van der Waals surface area contributed by atoms with Crippen molar-refractivity contribution < 1.29 is 4.79 Å². The third-order valence-corrected chi connectivity index (χ3v) is 4.45. The summed E-state index contributed by atoms with van der Waals surface area (Å²) in [5, 5.41) is 12.3. The van der Waals surface area contributed by atoms with Gasteiger partial charge in [-0.1, -0.05) is 52.7 Å². The molecule has 0 unspecified atom stereocenters. The summed E-state index contributed by atoms with van der Waals surface area (Å²) < 4.78 is 0.207. The number of halogens is 2. The van der Waals surface area contributed by atoms with Crippen molar-refractivity contribution in [2.24, 2.45) is 0 Å². The average molecular weight is 363 g/mol. The lowest BCUT2D eigenvalue weighted by Crippen LogP contribution is -2.22. The van der Waals surface area contributed by atoms with E-state index in [4.69, 9.17) is 23.2 Å². The zero-order valence-corrected chi connectivity index (χ0v) is 14.5. The molecular formula is C17H12Cl2N2OS. The topological polar surface area (TPSA) is 52.9 Å². The molecule has 23 heavy (non-hydrogen) atoms. The maximum absolute atomic E-state index is 12.1. The number of hydrogen-bond acceptors (Lipinski definition) is 3. The molecule has 116 valence electrons. The van der Waals surface area contributed by atoms with Crippen LogP contribution in [-0.4, -0.2) is 5.91 Å². The van der Waals surface area contributed by atoms with Crippen LogP contribution >= 0.6 is 35.0 Å². The molecule has 0 aliphatic rings. The molecule has 0 spiro atoms. The monoisotopic (exact) mass is 362 g/mol. The van der Waals surface area contributed by atoms with Crippen molar-refractivity contribution >= 4 is 40.9 Å². The molecule has 2 rings (SSSR count). The van der Waals surface area contributed by atoms with E-state index in [1.165, 1.54) is 11.8 Å². The molecule has 0 aliphatic heterocycles. The first kappa shape index (κ1) is 17.4. The zero-order valence-electron chi connectivity index (χ0n) is 12.1. The van der Waals surface area contributed by atoms with Gasteiger partial charge in [0, 0.05) is 15.5 Å². The molecule has 0 saturated heterocycles. The van der Waals surface area contributed by atoms with Crippen molar-refractivity contribution in [3.05, 3.63) is 74.7 Å². The molecule has 0 fully saturated rings. The van der Waals surface area contributed by atoms with Gasteiger partial charge in [-0.25, -0.2) is 0 Å². The van der Waals surface area contributed by atoms with E-state index in [2.05, 4.69) is 5.32 Å². The Labute approximate surface area is 148 Å². The van der Waals surface area contributed by atoms with Gasteiger partial charge < -0.3 is 5.32 Å². The van der Waals surface area contributed by atoms with Gasteiger partial charge in [0.2, 0.25) is 0 Å². The minimum atomic E-state index is -0.416. The molecule has 3 nitrogen and oxygen atoms in total. The summed E-state index contributed by atoms with van der Waals surface area (Å²) in [7, 11) is 0. The van der Waals surface area contributed by atoms with Crippen LogP contribution in [0.3, 0.4) is 0 Å². The number of thioether (sulfide) groups is 1. The van der Waals surface area contributed by atoms with E-state index < -0.39 is 5.91 Å². The number of benzene rings is 2. The molecule has 2 aromatic rings. The number of nitrogens with one attached hydrogen (secondary N) is 1. The van der Waals surface area contributed by atoms with Crippen molar-refractivity contribution in [1.82, 2.24) is 5.32 Å². The van der Waals surface area contributed by atoms with Gasteiger partial charge in [-0.15, -0.1) is 0 Å². The predicted octanol–water partition coefficient (Wildman–Crippen LogP) is 5.10. The molecule has 0 atom stereocenters. The van der Waals surface area contributed by atoms with Crippen LogP contribution in [0, 0.1) is 18.3 Å². The van der Waals surface area contributed by atoms with Gasteiger partial charge in [-0.3, -0.25) is 4.79 Å². The first-order valence-electron chi connectivity index (χ1n) is 6.61. The van der Waals surface area contributed by atoms with Crippen LogP contribution in [0.15, 0.2) is 63.5 Å². The second-order valence-corrected chi connectivity index (χ2v) is 6.76. The molecule has 0 radical (unpaired) electrons. The third kappa shape index (κ3) is 5.04. The Morgan fingerprint density at radius 3 is 2.30 bits per heavy atom. The highest BCUT2D eigenvalue weighted by Gasteiger charge is 2.12. The largest absolute Gasteiger partial charge is 0.311 e. The summed E-state index contributed by atoms with van der Waals surface area (Å²) in [5.74, 6) is -0.416. The van der Waals surface area contributed by atoms with Crippen LogP contribution in [0.4, 0.5) is 0 Å². The Bertz CT molecular complexity index is 778. The highest BCUT2D eigenvalue weighted by Crippen LogP contribution is 2.31. The van der Waals surface area contributed by atoms with Crippen molar-refractivity contribution in [3.63, 3.8) is 0 Å². The highest BCUT2D eigenvalue weighted by atomic mass is 35.5. The van der Waals surface area contributed by atoms with Crippen molar-refractivity contribution in [2.75, 3.05) is 0 Å². The Balaban J connectivity index is 2.14. The molecule has 0 heterocycles. The number of carbonyl (C=O) groups is 1. The second-order valence-electron chi connectivity index (χ2n) is 4.64. The Hall–Kier alpha value is -1.93. The summed E-state index contributed by atoms with van der Waals surface area (Å²) in [6.45, 7) is 1.99. The second kappa shape index (κ2) is 8.07.